The molecule has 3 rings (SSSR count). The summed E-state index contributed by atoms with van der Waals surface area (Å²) >= 11 is 1.12. The Morgan fingerprint density at radius 2 is 1.43 bits per heavy atom. The van der Waals surface area contributed by atoms with Crippen LogP contribution in [0.2, 0.25) is 0 Å². The van der Waals surface area contributed by atoms with Crippen LogP contribution in [0, 0.1) is 0 Å². The van der Waals surface area contributed by atoms with Gasteiger partial charge < -0.3 is 55.7 Å². The number of rotatable bonds is 6. The number of nitrogens with two attached hydrogens (primary N) is 1. The summed E-state index contributed by atoms with van der Waals surface area (Å²) in [4.78, 5) is 0.713. The van der Waals surface area contributed by atoms with Crippen molar-refractivity contribution in [2.45, 2.75) is 65.5 Å². The highest BCUT2D eigenvalue weighted by molar-refractivity contribution is 7.99. The number of aliphatic hydroxyl groups excluding tert-OH is 7. The van der Waals surface area contributed by atoms with E-state index in [2.05, 4.69) is 0 Å². The molecule has 10 atom stereocenters. The van der Waals surface area contributed by atoms with Gasteiger partial charge in [-0.3, -0.25) is 0 Å². The summed E-state index contributed by atoms with van der Waals surface area (Å²) in [6.45, 7) is -1.23. The Balaban J connectivity index is 1.71. The third-order valence-corrected chi connectivity index (χ3v) is 6.26. The van der Waals surface area contributed by atoms with Crippen molar-refractivity contribution in [3.05, 3.63) is 24.3 Å². The van der Waals surface area contributed by atoms with Gasteiger partial charge >= 0.3 is 0 Å². The lowest BCUT2D eigenvalue weighted by Gasteiger charge is -2.46. The van der Waals surface area contributed by atoms with E-state index in [9.17, 15) is 35.7 Å². The molecule has 0 bridgehead atoms. The van der Waals surface area contributed by atoms with Crippen molar-refractivity contribution in [2.75, 3.05) is 18.9 Å². The topological polar surface area (TPSA) is 195 Å². The van der Waals surface area contributed by atoms with E-state index in [0.29, 0.717) is 10.6 Å². The van der Waals surface area contributed by atoms with Crippen molar-refractivity contribution in [3.8, 4) is 0 Å². The van der Waals surface area contributed by atoms with Crippen LogP contribution in [0.3, 0.4) is 0 Å². The molecule has 30 heavy (non-hydrogen) atoms. The summed E-state index contributed by atoms with van der Waals surface area (Å²) in [5, 5.41) is 70.0. The lowest BCUT2D eigenvalue weighted by molar-refractivity contribution is -0.338. The van der Waals surface area contributed by atoms with E-state index < -0.39 is 73.8 Å². The summed E-state index contributed by atoms with van der Waals surface area (Å²) in [6.07, 6.45) is -13.1. The summed E-state index contributed by atoms with van der Waals surface area (Å²) in [6, 6.07) is 6.77. The Bertz CT molecular complexity index is 677. The molecule has 0 amide bonds. The van der Waals surface area contributed by atoms with Gasteiger partial charge in [0.1, 0.15) is 54.3 Å². The molecular weight excluding hydrogens is 422 g/mol. The Hall–Kier alpha value is -1.03. The van der Waals surface area contributed by atoms with Crippen LogP contribution in [0.4, 0.5) is 5.69 Å². The van der Waals surface area contributed by atoms with Crippen molar-refractivity contribution in [2.24, 2.45) is 0 Å². The zero-order valence-electron chi connectivity index (χ0n) is 15.8. The Morgan fingerprint density at radius 3 is 2.03 bits per heavy atom. The van der Waals surface area contributed by atoms with Crippen molar-refractivity contribution in [1.82, 2.24) is 0 Å². The van der Waals surface area contributed by atoms with E-state index >= 15 is 0 Å². The maximum atomic E-state index is 10.6. The fourth-order valence-corrected chi connectivity index (χ4v) is 4.39. The molecule has 0 saturated carbocycles. The molecule has 2 saturated heterocycles. The molecule has 0 radical (unpaired) electrons. The number of aliphatic hydroxyl groups is 7. The monoisotopic (exact) mass is 449 g/mol. The third-order valence-electron chi connectivity index (χ3n) is 5.09. The van der Waals surface area contributed by atoms with Gasteiger partial charge in [-0.1, -0.05) is 11.8 Å². The highest BCUT2D eigenvalue weighted by atomic mass is 32.2. The molecule has 1 aromatic rings. The highest BCUT2D eigenvalue weighted by Crippen LogP contribution is 2.35. The van der Waals surface area contributed by atoms with Gasteiger partial charge in [0.2, 0.25) is 0 Å². The van der Waals surface area contributed by atoms with E-state index in [0.717, 1.165) is 11.8 Å². The van der Waals surface area contributed by atoms with Crippen LogP contribution in [-0.2, 0) is 14.2 Å². The molecular formula is C18H27NO10S. The first-order valence-corrected chi connectivity index (χ1v) is 10.3. The SMILES string of the molecule is Nc1ccc(S[C@@H]2O[C@H](CO)[C@@H](O[C@@H]3O[C@H](CO)[C@@H](O)[C@H](O)[C@H]3O)[C@H](O)[C@H]2O)cc1. The molecule has 170 valence electrons. The van der Waals surface area contributed by atoms with Gasteiger partial charge in [0.25, 0.3) is 0 Å². The fourth-order valence-electron chi connectivity index (χ4n) is 3.33. The largest absolute Gasteiger partial charge is 0.399 e. The lowest BCUT2D eigenvalue weighted by Crippen LogP contribution is -2.64. The van der Waals surface area contributed by atoms with E-state index in [1.54, 1.807) is 24.3 Å². The second-order valence-electron chi connectivity index (χ2n) is 7.19. The minimum absolute atomic E-state index is 0.561. The Labute approximate surface area is 176 Å². The third kappa shape index (κ3) is 4.89. The number of nitrogen functional groups attached to an aromatic ring is 1. The lowest BCUT2D eigenvalue weighted by atomic mass is 9.97. The van der Waals surface area contributed by atoms with Crippen LogP contribution in [0.1, 0.15) is 0 Å². The molecule has 0 unspecified atom stereocenters. The van der Waals surface area contributed by atoms with E-state index in [4.69, 9.17) is 19.9 Å². The second kappa shape index (κ2) is 10.1. The van der Waals surface area contributed by atoms with Gasteiger partial charge in [-0.25, -0.2) is 0 Å². The molecule has 0 aliphatic carbocycles. The number of ether oxygens (including phenoxy) is 3. The zero-order chi connectivity index (χ0) is 22.0. The minimum Gasteiger partial charge on any atom is -0.399 e. The summed E-state index contributed by atoms with van der Waals surface area (Å²) in [5.41, 5.74) is 5.27. The number of thioether (sulfide) groups is 1. The number of anilines is 1. The molecule has 1 aromatic carbocycles. The smallest absolute Gasteiger partial charge is 0.187 e. The van der Waals surface area contributed by atoms with Gasteiger partial charge in [0, 0.05) is 10.6 Å². The van der Waals surface area contributed by atoms with Gasteiger partial charge in [0.15, 0.2) is 6.29 Å². The zero-order valence-corrected chi connectivity index (χ0v) is 16.7. The average molecular weight is 449 g/mol. The number of hydrogen-bond donors (Lipinski definition) is 8. The van der Waals surface area contributed by atoms with Gasteiger partial charge in [-0.2, -0.15) is 0 Å². The van der Waals surface area contributed by atoms with E-state index in [1.807, 2.05) is 0 Å². The average Bonchev–Trinajstić information content (AvgIpc) is 2.74. The van der Waals surface area contributed by atoms with Crippen molar-refractivity contribution in [3.63, 3.8) is 0 Å². The quantitative estimate of drug-likeness (QED) is 0.205. The molecule has 11 nitrogen and oxygen atoms in total. The van der Waals surface area contributed by atoms with Gasteiger partial charge in [0.05, 0.1) is 13.2 Å². The van der Waals surface area contributed by atoms with Crippen molar-refractivity contribution < 1.29 is 50.0 Å². The van der Waals surface area contributed by atoms with Crippen LogP contribution >= 0.6 is 11.8 Å². The second-order valence-corrected chi connectivity index (χ2v) is 8.36. The molecule has 0 aromatic heterocycles. The summed E-state index contributed by atoms with van der Waals surface area (Å²) in [5.74, 6) is 0. The van der Waals surface area contributed by atoms with Crippen molar-refractivity contribution in [1.29, 1.82) is 0 Å². The van der Waals surface area contributed by atoms with Crippen LogP contribution in [-0.4, -0.2) is 110 Å². The van der Waals surface area contributed by atoms with Crippen LogP contribution in [0.5, 0.6) is 0 Å². The fraction of sp³-hybridized carbons (Fsp3) is 0.667. The first-order chi connectivity index (χ1) is 14.3. The van der Waals surface area contributed by atoms with Gasteiger partial charge in [-0.15, -0.1) is 0 Å². The summed E-state index contributed by atoms with van der Waals surface area (Å²) < 4.78 is 16.5. The molecule has 9 N–H and O–H groups in total. The highest BCUT2D eigenvalue weighted by Gasteiger charge is 2.50. The first kappa shape index (κ1) is 23.6. The number of benzene rings is 1. The first-order valence-electron chi connectivity index (χ1n) is 9.37. The van der Waals surface area contributed by atoms with E-state index in [-0.39, 0.29) is 0 Å². The van der Waals surface area contributed by atoms with Crippen LogP contribution in [0.25, 0.3) is 0 Å². The standard InChI is InChI=1S/C18H27NO10S/c19-7-1-3-8(4-2-7)30-18-15(26)13(24)16(10(6-21)28-18)29-17-14(25)12(23)11(22)9(5-20)27-17/h1-4,9-18,20-26H,5-6,19H2/t9-,10-,11-,12+,13-,14-,15-,16-,17+,18+/m1/s1. The normalized spacial score (nSPS) is 42.2. The molecule has 2 heterocycles. The van der Waals surface area contributed by atoms with Crippen LogP contribution in [0.15, 0.2) is 29.2 Å². The molecule has 2 fully saturated rings. The van der Waals surface area contributed by atoms with Crippen molar-refractivity contribution >= 4 is 17.4 Å². The summed E-state index contributed by atoms with van der Waals surface area (Å²) in [7, 11) is 0. The Morgan fingerprint density at radius 1 is 0.800 bits per heavy atom. The predicted octanol–water partition coefficient (Wildman–Crippen LogP) is -3.01. The minimum atomic E-state index is -1.70. The molecule has 2 aliphatic rings. The molecule has 0 spiro atoms. The molecule has 12 heteroatoms. The molecule has 2 aliphatic heterocycles. The maximum absolute atomic E-state index is 10.6. The van der Waals surface area contributed by atoms with Gasteiger partial charge in [-0.05, 0) is 24.3 Å². The Kier molecular flexibility index (Phi) is 7.92. The maximum Gasteiger partial charge on any atom is 0.187 e. The van der Waals surface area contributed by atoms with E-state index in [1.165, 1.54) is 0 Å². The number of hydrogen-bond acceptors (Lipinski definition) is 12. The predicted molar refractivity (Wildman–Crippen MR) is 103 cm³/mol. The van der Waals surface area contributed by atoms with Crippen LogP contribution < -0.4 is 5.73 Å².